The lowest BCUT2D eigenvalue weighted by molar-refractivity contribution is 0.578. The van der Waals surface area contributed by atoms with Gasteiger partial charge in [0.05, 0.1) is 23.2 Å². The van der Waals surface area contributed by atoms with Crippen LogP contribution in [-0.4, -0.2) is 34.5 Å². The minimum Gasteiger partial charge on any atom is -0.328 e. The van der Waals surface area contributed by atoms with Crippen molar-refractivity contribution < 1.29 is 8.42 Å². The third-order valence-electron chi connectivity index (χ3n) is 4.56. The van der Waals surface area contributed by atoms with Gasteiger partial charge >= 0.3 is 0 Å². The molecule has 6 heteroatoms. The molecule has 0 N–H and O–H groups in total. The molecular weight excluding hydrogens is 322 g/mol. The van der Waals surface area contributed by atoms with Crippen molar-refractivity contribution >= 4 is 20.9 Å². The van der Waals surface area contributed by atoms with Gasteiger partial charge < -0.3 is 4.57 Å². The molecular formula is C18H29N3O2S. The lowest BCUT2D eigenvalue weighted by Gasteiger charge is -2.10. The first-order valence-electron chi connectivity index (χ1n) is 8.91. The maximum Gasteiger partial charge on any atom is 0.150 e. The van der Waals surface area contributed by atoms with E-state index in [4.69, 9.17) is 0 Å². The molecule has 2 aromatic rings. The van der Waals surface area contributed by atoms with Crippen molar-refractivity contribution in [1.29, 1.82) is 0 Å². The van der Waals surface area contributed by atoms with Crippen LogP contribution >= 0.6 is 0 Å². The normalized spacial score (nSPS) is 12.2. The fraction of sp³-hybridized carbons (Fsp3) is 0.667. The highest BCUT2D eigenvalue weighted by Crippen LogP contribution is 2.22. The summed E-state index contributed by atoms with van der Waals surface area (Å²) in [7, 11) is -2.89. The molecule has 0 aliphatic carbocycles. The Morgan fingerprint density at radius 3 is 2.46 bits per heavy atom. The first kappa shape index (κ1) is 18.9. The standard InChI is InChI=1S/C18H29N3O2S/c1-5-7-11-24(22,23)12-9-8-10-21-17(6-2)20-16-13-19-15(4)14(3)18(16)21/h13H,5-12H2,1-4H3. The van der Waals surface area contributed by atoms with Crippen molar-refractivity contribution in [3.8, 4) is 0 Å². The number of fused-ring (bicyclic) bond motifs is 1. The number of nitrogens with zero attached hydrogens (tertiary/aromatic N) is 3. The zero-order valence-corrected chi connectivity index (χ0v) is 16.1. The first-order chi connectivity index (χ1) is 11.4. The van der Waals surface area contributed by atoms with Crippen LogP contribution in [0.1, 0.15) is 56.6 Å². The van der Waals surface area contributed by atoms with E-state index >= 15 is 0 Å². The number of aryl methyl sites for hydroxylation is 4. The Morgan fingerprint density at radius 1 is 1.08 bits per heavy atom. The van der Waals surface area contributed by atoms with E-state index in [1.165, 1.54) is 0 Å². The van der Waals surface area contributed by atoms with E-state index in [2.05, 4.69) is 28.4 Å². The van der Waals surface area contributed by atoms with Crippen molar-refractivity contribution in [2.75, 3.05) is 11.5 Å². The number of sulfone groups is 1. The summed E-state index contributed by atoms with van der Waals surface area (Å²) in [6, 6.07) is 0. The summed E-state index contributed by atoms with van der Waals surface area (Å²) in [6.07, 6.45) is 5.94. The third kappa shape index (κ3) is 4.35. The van der Waals surface area contributed by atoms with Crippen molar-refractivity contribution in [2.45, 2.75) is 66.3 Å². The molecule has 0 saturated heterocycles. The number of imidazole rings is 1. The van der Waals surface area contributed by atoms with E-state index in [1.54, 1.807) is 0 Å². The van der Waals surface area contributed by atoms with Gasteiger partial charge in [-0.2, -0.15) is 0 Å². The molecule has 24 heavy (non-hydrogen) atoms. The van der Waals surface area contributed by atoms with Crippen LogP contribution in [0.4, 0.5) is 0 Å². The van der Waals surface area contributed by atoms with Crippen molar-refractivity contribution in [3.05, 3.63) is 23.3 Å². The van der Waals surface area contributed by atoms with Gasteiger partial charge in [-0.25, -0.2) is 13.4 Å². The second-order valence-electron chi connectivity index (χ2n) is 6.45. The second kappa shape index (κ2) is 8.10. The zero-order valence-electron chi connectivity index (χ0n) is 15.3. The molecule has 2 aromatic heterocycles. The average molecular weight is 352 g/mol. The van der Waals surface area contributed by atoms with Crippen LogP contribution in [0.25, 0.3) is 11.0 Å². The average Bonchev–Trinajstić information content (AvgIpc) is 2.91. The van der Waals surface area contributed by atoms with Crippen LogP contribution in [0.2, 0.25) is 0 Å². The summed E-state index contributed by atoms with van der Waals surface area (Å²) in [5, 5.41) is 0. The molecule has 0 aliphatic rings. The van der Waals surface area contributed by atoms with E-state index < -0.39 is 9.84 Å². The molecule has 0 unspecified atom stereocenters. The number of pyridine rings is 1. The molecule has 5 nitrogen and oxygen atoms in total. The van der Waals surface area contributed by atoms with E-state index in [-0.39, 0.29) is 0 Å². The van der Waals surface area contributed by atoms with Gasteiger partial charge in [0.2, 0.25) is 0 Å². The van der Waals surface area contributed by atoms with Gasteiger partial charge in [0, 0.05) is 18.7 Å². The minimum absolute atomic E-state index is 0.292. The van der Waals surface area contributed by atoms with Gasteiger partial charge in [0.1, 0.15) is 21.2 Å². The lowest BCUT2D eigenvalue weighted by atomic mass is 10.2. The molecule has 0 bridgehead atoms. The first-order valence-corrected chi connectivity index (χ1v) is 10.7. The highest BCUT2D eigenvalue weighted by molar-refractivity contribution is 7.91. The highest BCUT2D eigenvalue weighted by Gasteiger charge is 2.14. The Hall–Kier alpha value is -1.43. The smallest absolute Gasteiger partial charge is 0.150 e. The van der Waals surface area contributed by atoms with E-state index in [1.807, 2.05) is 20.0 Å². The van der Waals surface area contributed by atoms with Gasteiger partial charge in [-0.1, -0.05) is 20.3 Å². The van der Waals surface area contributed by atoms with E-state index in [0.717, 1.165) is 60.3 Å². The molecule has 0 radical (unpaired) electrons. The van der Waals surface area contributed by atoms with Crippen molar-refractivity contribution in [1.82, 2.24) is 14.5 Å². The van der Waals surface area contributed by atoms with Crippen LogP contribution in [0.15, 0.2) is 6.20 Å². The predicted molar refractivity (Wildman–Crippen MR) is 99.2 cm³/mol. The number of aromatic nitrogens is 3. The molecule has 0 spiro atoms. The van der Waals surface area contributed by atoms with Crippen LogP contribution in [-0.2, 0) is 22.8 Å². The van der Waals surface area contributed by atoms with Crippen LogP contribution in [0.3, 0.4) is 0 Å². The lowest BCUT2D eigenvalue weighted by Crippen LogP contribution is -2.12. The molecule has 0 aliphatic heterocycles. The Labute approximate surface area is 145 Å². The fourth-order valence-corrected chi connectivity index (χ4v) is 4.58. The van der Waals surface area contributed by atoms with Crippen LogP contribution in [0.5, 0.6) is 0 Å². The van der Waals surface area contributed by atoms with Gasteiger partial charge in [0.15, 0.2) is 0 Å². The SMILES string of the molecule is CCCCS(=O)(=O)CCCCn1c(CC)nc2cnc(C)c(C)c21. The fourth-order valence-electron chi connectivity index (χ4n) is 3.00. The molecule has 134 valence electrons. The maximum absolute atomic E-state index is 12.0. The van der Waals surface area contributed by atoms with Gasteiger partial charge in [0.25, 0.3) is 0 Å². The molecule has 0 aromatic carbocycles. The maximum atomic E-state index is 12.0. The van der Waals surface area contributed by atoms with Gasteiger partial charge in [-0.05, 0) is 38.7 Å². The minimum atomic E-state index is -2.89. The van der Waals surface area contributed by atoms with Crippen molar-refractivity contribution in [3.63, 3.8) is 0 Å². The summed E-state index contributed by atoms with van der Waals surface area (Å²) in [5.41, 5.74) is 4.27. The summed E-state index contributed by atoms with van der Waals surface area (Å²) in [5.74, 6) is 1.66. The van der Waals surface area contributed by atoms with Gasteiger partial charge in [-0.15, -0.1) is 0 Å². The number of hydrogen-bond donors (Lipinski definition) is 0. The van der Waals surface area contributed by atoms with E-state index in [9.17, 15) is 8.42 Å². The Kier molecular flexibility index (Phi) is 6.38. The van der Waals surface area contributed by atoms with Crippen molar-refractivity contribution in [2.24, 2.45) is 0 Å². The number of unbranched alkanes of at least 4 members (excludes halogenated alkanes) is 2. The molecule has 0 saturated carbocycles. The summed E-state index contributed by atoms with van der Waals surface area (Å²) in [6.45, 7) is 9.02. The highest BCUT2D eigenvalue weighted by atomic mass is 32.2. The molecule has 0 fully saturated rings. The molecule has 0 amide bonds. The summed E-state index contributed by atoms with van der Waals surface area (Å²) < 4.78 is 26.2. The monoisotopic (exact) mass is 351 g/mol. The number of rotatable bonds is 9. The Bertz CT molecular complexity index is 794. The van der Waals surface area contributed by atoms with E-state index in [0.29, 0.717) is 17.9 Å². The Balaban J connectivity index is 2.08. The quantitative estimate of drug-likeness (QED) is 0.647. The number of hydrogen-bond acceptors (Lipinski definition) is 4. The predicted octanol–water partition coefficient (Wildman–Crippen LogP) is 3.61. The zero-order chi connectivity index (χ0) is 17.7. The molecule has 2 rings (SSSR count). The third-order valence-corrected chi connectivity index (χ3v) is 6.39. The van der Waals surface area contributed by atoms with Crippen LogP contribution in [0, 0.1) is 13.8 Å². The summed E-state index contributed by atoms with van der Waals surface area (Å²) >= 11 is 0. The topological polar surface area (TPSA) is 64.8 Å². The Morgan fingerprint density at radius 2 is 1.79 bits per heavy atom. The largest absolute Gasteiger partial charge is 0.328 e. The van der Waals surface area contributed by atoms with Gasteiger partial charge in [-0.3, -0.25) is 4.98 Å². The molecule has 0 atom stereocenters. The van der Waals surface area contributed by atoms with Crippen LogP contribution < -0.4 is 0 Å². The second-order valence-corrected chi connectivity index (χ2v) is 8.75. The summed E-state index contributed by atoms with van der Waals surface area (Å²) in [4.78, 5) is 9.08. The molecule has 2 heterocycles.